The molecule has 0 unspecified atom stereocenters. The summed E-state index contributed by atoms with van der Waals surface area (Å²) in [6.45, 7) is 1.76. The van der Waals surface area contributed by atoms with E-state index in [4.69, 9.17) is 0 Å². The number of hydrogen-bond acceptors (Lipinski definition) is 5. The Morgan fingerprint density at radius 3 is 2.48 bits per heavy atom. The summed E-state index contributed by atoms with van der Waals surface area (Å²) in [6, 6.07) is 3.08. The maximum atomic E-state index is 13.7. The maximum Gasteiger partial charge on any atom is 0.322 e. The molecule has 1 N–H and O–H groups in total. The summed E-state index contributed by atoms with van der Waals surface area (Å²) in [5, 5.41) is 10.4. The second-order valence-electron chi connectivity index (χ2n) is 6.29. The summed E-state index contributed by atoms with van der Waals surface area (Å²) in [5.41, 5.74) is 0.514. The van der Waals surface area contributed by atoms with Crippen molar-refractivity contribution in [2.45, 2.75) is 0 Å². The van der Waals surface area contributed by atoms with Gasteiger partial charge in [-0.3, -0.25) is 0 Å². The Morgan fingerprint density at radius 2 is 1.81 bits per heavy atom. The van der Waals surface area contributed by atoms with Crippen molar-refractivity contribution in [3.8, 4) is 0 Å². The van der Waals surface area contributed by atoms with E-state index in [1.165, 1.54) is 4.90 Å². The average molecular weight is 380 g/mol. The number of carbonyl (C=O) groups excluding carboxylic acids is 1. The van der Waals surface area contributed by atoms with Gasteiger partial charge in [-0.15, -0.1) is 5.10 Å². The highest BCUT2D eigenvalue weighted by Crippen LogP contribution is 2.21. The van der Waals surface area contributed by atoms with Crippen molar-refractivity contribution < 1.29 is 18.0 Å². The highest BCUT2D eigenvalue weighted by Gasteiger charge is 2.24. The van der Waals surface area contributed by atoms with Gasteiger partial charge >= 0.3 is 6.03 Å². The maximum absolute atomic E-state index is 13.7. The van der Waals surface area contributed by atoms with E-state index in [1.54, 1.807) is 6.20 Å². The number of rotatable bonds is 3. The first-order chi connectivity index (χ1) is 12.9. The van der Waals surface area contributed by atoms with E-state index in [-0.39, 0.29) is 0 Å². The Kier molecular flexibility index (Phi) is 5.33. The van der Waals surface area contributed by atoms with Gasteiger partial charge in [0.05, 0.1) is 17.6 Å². The standard InChI is InChI=1S/C17H19F3N6O/c1-24(2)11-9-14(23-21-10-11)25-5-7-26(8-6-25)17(27)22-13-4-3-12(18)15(19)16(13)20/h3-4,9-10H,5-8H2,1-2H3,(H,22,27). The zero-order chi connectivity index (χ0) is 19.6. The number of anilines is 3. The van der Waals surface area contributed by atoms with Crippen LogP contribution in [0.15, 0.2) is 24.4 Å². The molecule has 2 heterocycles. The molecule has 2 amide bonds. The van der Waals surface area contributed by atoms with Crippen LogP contribution in [0.4, 0.5) is 35.2 Å². The van der Waals surface area contributed by atoms with E-state index >= 15 is 0 Å². The summed E-state index contributed by atoms with van der Waals surface area (Å²) < 4.78 is 40.0. The molecule has 1 aliphatic rings. The normalized spacial score (nSPS) is 14.3. The fraction of sp³-hybridized carbons (Fsp3) is 0.353. The Hall–Kier alpha value is -3.04. The smallest absolute Gasteiger partial charge is 0.322 e. The Morgan fingerprint density at radius 1 is 1.11 bits per heavy atom. The van der Waals surface area contributed by atoms with Crippen molar-refractivity contribution in [3.05, 3.63) is 41.8 Å². The number of nitrogens with one attached hydrogen (secondary N) is 1. The van der Waals surface area contributed by atoms with Gasteiger partial charge in [0, 0.05) is 46.3 Å². The minimum Gasteiger partial charge on any atom is -0.376 e. The lowest BCUT2D eigenvalue weighted by Crippen LogP contribution is -2.50. The largest absolute Gasteiger partial charge is 0.376 e. The predicted molar refractivity (Wildman–Crippen MR) is 95.5 cm³/mol. The molecular weight excluding hydrogens is 361 g/mol. The first-order valence-electron chi connectivity index (χ1n) is 8.31. The molecule has 144 valence electrons. The number of benzene rings is 1. The zero-order valence-electron chi connectivity index (χ0n) is 14.9. The molecule has 1 aromatic heterocycles. The van der Waals surface area contributed by atoms with E-state index in [1.807, 2.05) is 30.0 Å². The Balaban J connectivity index is 1.61. The van der Waals surface area contributed by atoms with Crippen LogP contribution in [0.2, 0.25) is 0 Å². The number of hydrogen-bond donors (Lipinski definition) is 1. The van der Waals surface area contributed by atoms with Gasteiger partial charge in [-0.2, -0.15) is 5.10 Å². The molecule has 0 spiro atoms. The molecule has 0 saturated carbocycles. The summed E-state index contributed by atoms with van der Waals surface area (Å²) in [5.74, 6) is -3.64. The van der Waals surface area contributed by atoms with Crippen LogP contribution >= 0.6 is 0 Å². The van der Waals surface area contributed by atoms with E-state index in [0.717, 1.165) is 17.8 Å². The molecule has 0 bridgehead atoms. The zero-order valence-corrected chi connectivity index (χ0v) is 14.9. The third-order valence-electron chi connectivity index (χ3n) is 4.31. The molecule has 1 aromatic carbocycles. The summed E-state index contributed by atoms with van der Waals surface area (Å²) in [6.07, 6.45) is 1.66. The second-order valence-corrected chi connectivity index (χ2v) is 6.29. The van der Waals surface area contributed by atoms with Crippen LogP contribution in [0.5, 0.6) is 0 Å². The van der Waals surface area contributed by atoms with Gasteiger partial charge in [-0.1, -0.05) is 0 Å². The summed E-state index contributed by atoms with van der Waals surface area (Å²) >= 11 is 0. The van der Waals surface area contributed by atoms with Gasteiger partial charge in [0.25, 0.3) is 0 Å². The summed E-state index contributed by atoms with van der Waals surface area (Å²) in [4.78, 5) is 17.7. The van der Waals surface area contributed by atoms with Crippen LogP contribution in [-0.2, 0) is 0 Å². The van der Waals surface area contributed by atoms with Crippen LogP contribution in [0, 0.1) is 17.5 Å². The van der Waals surface area contributed by atoms with Crippen LogP contribution in [0.1, 0.15) is 0 Å². The lowest BCUT2D eigenvalue weighted by atomic mass is 10.2. The van der Waals surface area contributed by atoms with Crippen LogP contribution in [0.3, 0.4) is 0 Å². The molecule has 1 aliphatic heterocycles. The molecule has 27 heavy (non-hydrogen) atoms. The third-order valence-corrected chi connectivity index (χ3v) is 4.31. The number of urea groups is 1. The van der Waals surface area contributed by atoms with Crippen LogP contribution in [0.25, 0.3) is 0 Å². The van der Waals surface area contributed by atoms with Crippen molar-refractivity contribution >= 4 is 23.2 Å². The average Bonchev–Trinajstić information content (AvgIpc) is 2.68. The number of carbonyl (C=O) groups is 1. The molecule has 2 aromatic rings. The Bertz CT molecular complexity index is 839. The third kappa shape index (κ3) is 4.04. The minimum atomic E-state index is -1.61. The molecular formula is C17H19F3N6O. The fourth-order valence-corrected chi connectivity index (χ4v) is 2.70. The second kappa shape index (κ2) is 7.68. The van der Waals surface area contributed by atoms with Gasteiger partial charge in [0.1, 0.15) is 0 Å². The van der Waals surface area contributed by atoms with Crippen LogP contribution in [-0.4, -0.2) is 61.4 Å². The molecule has 1 fully saturated rings. The number of halogens is 3. The first kappa shape index (κ1) is 18.7. The van der Waals surface area contributed by atoms with Gasteiger partial charge < -0.3 is 20.0 Å². The highest BCUT2D eigenvalue weighted by molar-refractivity contribution is 5.89. The molecule has 0 radical (unpaired) electrons. The van der Waals surface area contributed by atoms with Gasteiger partial charge in [0.15, 0.2) is 23.3 Å². The predicted octanol–water partition coefficient (Wildman–Crippen LogP) is 2.31. The molecule has 10 heteroatoms. The van der Waals surface area contributed by atoms with Crippen molar-refractivity contribution in [2.24, 2.45) is 0 Å². The molecule has 7 nitrogen and oxygen atoms in total. The van der Waals surface area contributed by atoms with Crippen molar-refractivity contribution in [3.63, 3.8) is 0 Å². The van der Waals surface area contributed by atoms with Crippen LogP contribution < -0.4 is 15.1 Å². The number of aromatic nitrogens is 2. The van der Waals surface area contributed by atoms with Crippen molar-refractivity contribution in [2.75, 3.05) is 55.4 Å². The van der Waals surface area contributed by atoms with E-state index in [2.05, 4.69) is 15.5 Å². The number of amides is 2. The molecule has 0 aliphatic carbocycles. The van der Waals surface area contributed by atoms with E-state index in [9.17, 15) is 18.0 Å². The highest BCUT2D eigenvalue weighted by atomic mass is 19.2. The number of piperazine rings is 1. The minimum absolute atomic E-state index is 0.366. The SMILES string of the molecule is CN(C)c1cnnc(N2CCN(C(=O)Nc3ccc(F)c(F)c3F)CC2)c1. The van der Waals surface area contributed by atoms with Gasteiger partial charge in [-0.25, -0.2) is 18.0 Å². The summed E-state index contributed by atoms with van der Waals surface area (Å²) in [7, 11) is 3.81. The first-order valence-corrected chi connectivity index (χ1v) is 8.31. The quantitative estimate of drug-likeness (QED) is 0.828. The lowest BCUT2D eigenvalue weighted by molar-refractivity contribution is 0.208. The monoisotopic (exact) mass is 380 g/mol. The van der Waals surface area contributed by atoms with Gasteiger partial charge in [-0.05, 0) is 12.1 Å². The molecule has 0 atom stereocenters. The Labute approximate surface area is 154 Å². The lowest BCUT2D eigenvalue weighted by Gasteiger charge is -2.35. The van der Waals surface area contributed by atoms with E-state index in [0.29, 0.717) is 32.0 Å². The molecule has 1 saturated heterocycles. The molecule has 3 rings (SSSR count). The number of nitrogens with zero attached hydrogens (tertiary/aromatic N) is 5. The van der Waals surface area contributed by atoms with Crippen molar-refractivity contribution in [1.82, 2.24) is 15.1 Å². The topological polar surface area (TPSA) is 64.6 Å². The van der Waals surface area contributed by atoms with Gasteiger partial charge in [0.2, 0.25) is 0 Å². The van der Waals surface area contributed by atoms with E-state index < -0.39 is 29.2 Å². The fourth-order valence-electron chi connectivity index (χ4n) is 2.70. The van der Waals surface area contributed by atoms with Crippen molar-refractivity contribution in [1.29, 1.82) is 0 Å².